The summed E-state index contributed by atoms with van der Waals surface area (Å²) in [7, 11) is 1.70. The third kappa shape index (κ3) is 2.10. The molecule has 1 atom stereocenters. The van der Waals surface area contributed by atoms with Gasteiger partial charge in [0.05, 0.1) is 18.9 Å². The fraction of sp³-hybridized carbons (Fsp3) is 0.556. The van der Waals surface area contributed by atoms with Crippen LogP contribution in [0, 0.1) is 0 Å². The van der Waals surface area contributed by atoms with Gasteiger partial charge >= 0.3 is 5.97 Å². The molecule has 1 aromatic heterocycles. The lowest BCUT2D eigenvalue weighted by molar-refractivity contribution is 0.0264. The summed E-state index contributed by atoms with van der Waals surface area (Å²) in [5.74, 6) is -0.483. The van der Waals surface area contributed by atoms with Crippen LogP contribution in [0.3, 0.4) is 0 Å². The van der Waals surface area contributed by atoms with Crippen molar-refractivity contribution in [3.8, 4) is 0 Å². The van der Waals surface area contributed by atoms with Gasteiger partial charge in [0.25, 0.3) is 0 Å². The van der Waals surface area contributed by atoms with Crippen molar-refractivity contribution >= 4 is 11.7 Å². The molecule has 2 rings (SSSR count). The number of carbonyl (C=O) groups is 1. The quantitative estimate of drug-likeness (QED) is 0.694. The van der Waals surface area contributed by atoms with Crippen molar-refractivity contribution in [3.05, 3.63) is 11.9 Å². The Morgan fingerprint density at radius 1 is 1.80 bits per heavy atom. The molecule has 0 bridgehead atoms. The number of aryl methyl sites for hydroxylation is 1. The summed E-state index contributed by atoms with van der Waals surface area (Å²) >= 11 is 0. The Labute approximate surface area is 87.0 Å². The van der Waals surface area contributed by atoms with Gasteiger partial charge in [-0.3, -0.25) is 4.68 Å². The maximum atomic E-state index is 11.6. The molecule has 1 aliphatic heterocycles. The van der Waals surface area contributed by atoms with Gasteiger partial charge in [-0.1, -0.05) is 0 Å². The number of hydrogen-bond acceptors (Lipinski definition) is 5. The van der Waals surface area contributed by atoms with E-state index in [4.69, 9.17) is 15.2 Å². The molecule has 0 aliphatic carbocycles. The number of esters is 1. The Hall–Kier alpha value is -1.56. The Morgan fingerprint density at radius 3 is 3.13 bits per heavy atom. The van der Waals surface area contributed by atoms with E-state index < -0.39 is 5.97 Å². The largest absolute Gasteiger partial charge is 0.455 e. The number of anilines is 1. The van der Waals surface area contributed by atoms with Crippen LogP contribution in [0.2, 0.25) is 0 Å². The number of nitrogens with zero attached hydrogens (tertiary/aromatic N) is 2. The molecular formula is C9H13N3O3. The highest BCUT2D eigenvalue weighted by atomic mass is 16.6. The van der Waals surface area contributed by atoms with Crippen molar-refractivity contribution in [1.29, 1.82) is 0 Å². The smallest absolute Gasteiger partial charge is 0.361 e. The fourth-order valence-corrected chi connectivity index (χ4v) is 1.48. The average molecular weight is 211 g/mol. The molecular weight excluding hydrogens is 198 g/mol. The maximum Gasteiger partial charge on any atom is 0.361 e. The van der Waals surface area contributed by atoms with E-state index in [1.807, 2.05) is 0 Å². The maximum absolute atomic E-state index is 11.6. The van der Waals surface area contributed by atoms with E-state index in [-0.39, 0.29) is 11.8 Å². The highest BCUT2D eigenvalue weighted by molar-refractivity contribution is 5.92. The number of aromatic nitrogens is 2. The normalized spacial score (nSPS) is 20.5. The van der Waals surface area contributed by atoms with E-state index in [0.29, 0.717) is 18.9 Å². The van der Waals surface area contributed by atoms with Gasteiger partial charge in [0, 0.05) is 19.7 Å². The molecule has 1 aliphatic rings. The molecule has 0 amide bonds. The molecule has 6 heteroatoms. The standard InChI is InChI=1S/C9H13N3O3/c1-12-4-7(10)8(11-12)9(13)15-6-2-3-14-5-6/h4,6H,2-3,5,10H2,1H3. The first-order chi connectivity index (χ1) is 7.16. The molecule has 82 valence electrons. The molecule has 2 N–H and O–H groups in total. The molecule has 0 saturated carbocycles. The average Bonchev–Trinajstić information content (AvgIpc) is 2.75. The predicted molar refractivity (Wildman–Crippen MR) is 52.3 cm³/mol. The van der Waals surface area contributed by atoms with E-state index in [1.165, 1.54) is 4.68 Å². The Bertz CT molecular complexity index is 369. The second-order valence-electron chi connectivity index (χ2n) is 3.50. The molecule has 1 aromatic rings. The molecule has 1 saturated heterocycles. The highest BCUT2D eigenvalue weighted by Gasteiger charge is 2.23. The minimum atomic E-state index is -0.483. The lowest BCUT2D eigenvalue weighted by atomic mass is 10.3. The SMILES string of the molecule is Cn1cc(N)c(C(=O)OC2CCOC2)n1. The van der Waals surface area contributed by atoms with E-state index in [2.05, 4.69) is 5.10 Å². The second kappa shape index (κ2) is 3.90. The van der Waals surface area contributed by atoms with Gasteiger partial charge in [0.2, 0.25) is 0 Å². The highest BCUT2D eigenvalue weighted by Crippen LogP contribution is 2.14. The van der Waals surface area contributed by atoms with Crippen LogP contribution >= 0.6 is 0 Å². The van der Waals surface area contributed by atoms with Gasteiger partial charge in [-0.25, -0.2) is 4.79 Å². The van der Waals surface area contributed by atoms with Crippen molar-refractivity contribution in [2.75, 3.05) is 18.9 Å². The van der Waals surface area contributed by atoms with Crippen LogP contribution in [0.5, 0.6) is 0 Å². The van der Waals surface area contributed by atoms with Gasteiger partial charge < -0.3 is 15.2 Å². The van der Waals surface area contributed by atoms with Crippen molar-refractivity contribution < 1.29 is 14.3 Å². The van der Waals surface area contributed by atoms with Crippen LogP contribution in [0.15, 0.2) is 6.20 Å². The van der Waals surface area contributed by atoms with Crippen LogP contribution in [0.4, 0.5) is 5.69 Å². The van der Waals surface area contributed by atoms with Crippen molar-refractivity contribution in [1.82, 2.24) is 9.78 Å². The summed E-state index contributed by atoms with van der Waals surface area (Å²) in [6.45, 7) is 1.09. The molecule has 0 spiro atoms. The Kier molecular flexibility index (Phi) is 2.59. The van der Waals surface area contributed by atoms with E-state index in [1.54, 1.807) is 13.2 Å². The van der Waals surface area contributed by atoms with Crippen LogP contribution in [-0.2, 0) is 16.5 Å². The van der Waals surface area contributed by atoms with Gasteiger partial charge in [0.15, 0.2) is 5.69 Å². The number of carbonyl (C=O) groups excluding carboxylic acids is 1. The zero-order valence-corrected chi connectivity index (χ0v) is 8.47. The summed E-state index contributed by atoms with van der Waals surface area (Å²) < 4.78 is 11.8. The second-order valence-corrected chi connectivity index (χ2v) is 3.50. The third-order valence-electron chi connectivity index (χ3n) is 2.21. The summed E-state index contributed by atoms with van der Waals surface area (Å²) in [6, 6.07) is 0. The van der Waals surface area contributed by atoms with Gasteiger partial charge in [-0.05, 0) is 0 Å². The first-order valence-electron chi connectivity index (χ1n) is 4.74. The molecule has 1 fully saturated rings. The molecule has 15 heavy (non-hydrogen) atoms. The van der Waals surface area contributed by atoms with Crippen molar-refractivity contribution in [3.63, 3.8) is 0 Å². The van der Waals surface area contributed by atoms with Crippen LogP contribution < -0.4 is 5.73 Å². The number of hydrogen-bond donors (Lipinski definition) is 1. The summed E-state index contributed by atoms with van der Waals surface area (Å²) in [5, 5.41) is 3.93. The van der Waals surface area contributed by atoms with E-state index >= 15 is 0 Å². The molecule has 1 unspecified atom stereocenters. The lowest BCUT2D eigenvalue weighted by Gasteiger charge is -2.08. The summed E-state index contributed by atoms with van der Waals surface area (Å²) in [5.41, 5.74) is 6.11. The van der Waals surface area contributed by atoms with Gasteiger partial charge in [-0.15, -0.1) is 0 Å². The van der Waals surface area contributed by atoms with Crippen LogP contribution in [0.25, 0.3) is 0 Å². The van der Waals surface area contributed by atoms with Crippen LogP contribution in [0.1, 0.15) is 16.9 Å². The fourth-order valence-electron chi connectivity index (χ4n) is 1.48. The topological polar surface area (TPSA) is 79.4 Å². The van der Waals surface area contributed by atoms with Crippen LogP contribution in [-0.4, -0.2) is 35.1 Å². The van der Waals surface area contributed by atoms with Crippen molar-refractivity contribution in [2.24, 2.45) is 7.05 Å². The Morgan fingerprint density at radius 2 is 2.60 bits per heavy atom. The lowest BCUT2D eigenvalue weighted by Crippen LogP contribution is -2.19. The summed E-state index contributed by atoms with van der Waals surface area (Å²) in [6.07, 6.45) is 2.14. The van der Waals surface area contributed by atoms with Crippen molar-refractivity contribution in [2.45, 2.75) is 12.5 Å². The Balaban J connectivity index is 2.03. The minimum absolute atomic E-state index is 0.168. The number of nitrogen functional groups attached to an aromatic ring is 1. The summed E-state index contributed by atoms with van der Waals surface area (Å²) in [4.78, 5) is 11.6. The molecule has 0 radical (unpaired) electrons. The number of rotatable bonds is 2. The zero-order chi connectivity index (χ0) is 10.8. The molecule has 2 heterocycles. The minimum Gasteiger partial charge on any atom is -0.455 e. The third-order valence-corrected chi connectivity index (χ3v) is 2.21. The first-order valence-corrected chi connectivity index (χ1v) is 4.74. The van der Waals surface area contributed by atoms with Gasteiger partial charge in [0.1, 0.15) is 6.10 Å². The van der Waals surface area contributed by atoms with E-state index in [0.717, 1.165) is 6.42 Å². The number of ether oxygens (including phenoxy) is 2. The predicted octanol–water partition coefficient (Wildman–Crippen LogP) is -0.0520. The monoisotopic (exact) mass is 211 g/mol. The first kappa shape index (κ1) is 9.97. The zero-order valence-electron chi connectivity index (χ0n) is 8.47. The van der Waals surface area contributed by atoms with Gasteiger partial charge in [-0.2, -0.15) is 5.10 Å². The molecule has 6 nitrogen and oxygen atoms in total. The number of nitrogens with two attached hydrogens (primary N) is 1. The molecule has 0 aromatic carbocycles. The van der Waals surface area contributed by atoms with E-state index in [9.17, 15) is 4.79 Å².